The zero-order valence-corrected chi connectivity index (χ0v) is 23.6. The third-order valence-electron chi connectivity index (χ3n) is 8.45. The first-order valence-electron chi connectivity index (χ1n) is 14.5. The number of likely N-dealkylation sites (N-methyl/N-ethyl adjacent to an activating group) is 1. The molecule has 2 fully saturated rings. The van der Waals surface area contributed by atoms with Gasteiger partial charge in [0.2, 0.25) is 0 Å². The Balaban J connectivity index is 1.23. The molecule has 1 saturated heterocycles. The minimum Gasteiger partial charge on any atom is -0.465 e. The minimum absolute atomic E-state index is 0.0797. The van der Waals surface area contributed by atoms with Crippen LogP contribution in [-0.4, -0.2) is 96.4 Å². The molecule has 1 aromatic carbocycles. The highest BCUT2D eigenvalue weighted by atomic mass is 19.1. The van der Waals surface area contributed by atoms with Crippen molar-refractivity contribution in [3.63, 3.8) is 0 Å². The maximum atomic E-state index is 13.5. The summed E-state index contributed by atoms with van der Waals surface area (Å²) >= 11 is 0. The predicted molar refractivity (Wildman–Crippen MR) is 158 cm³/mol. The molecule has 0 atom stereocenters. The number of amides is 2. The lowest BCUT2D eigenvalue weighted by molar-refractivity contribution is 0.0937. The number of hydrogen-bond acceptors (Lipinski definition) is 6. The van der Waals surface area contributed by atoms with Crippen LogP contribution in [-0.2, 0) is 0 Å². The van der Waals surface area contributed by atoms with Crippen molar-refractivity contribution in [2.75, 3.05) is 64.4 Å². The van der Waals surface area contributed by atoms with E-state index in [1.165, 1.54) is 4.90 Å². The fraction of sp³-hybridized carbons (Fsp3) is 0.484. The van der Waals surface area contributed by atoms with Crippen molar-refractivity contribution in [2.24, 2.45) is 11.8 Å². The summed E-state index contributed by atoms with van der Waals surface area (Å²) in [6.07, 6.45) is 4.32. The van der Waals surface area contributed by atoms with Crippen molar-refractivity contribution in [1.82, 2.24) is 25.1 Å². The number of anilines is 1. The predicted octanol–water partition coefficient (Wildman–Crippen LogP) is 4.53. The molecule has 9 nitrogen and oxygen atoms in total. The van der Waals surface area contributed by atoms with Crippen molar-refractivity contribution in [1.29, 1.82) is 0 Å². The molecular weight excluding hydrogens is 523 g/mol. The number of carbonyl (C=O) groups is 2. The van der Waals surface area contributed by atoms with Gasteiger partial charge in [0.25, 0.3) is 5.91 Å². The van der Waals surface area contributed by atoms with Crippen LogP contribution in [0.3, 0.4) is 0 Å². The lowest BCUT2D eigenvalue weighted by Crippen LogP contribution is -2.44. The Hall–Kier alpha value is -3.79. The summed E-state index contributed by atoms with van der Waals surface area (Å²) in [6, 6.07) is 13.6. The molecule has 2 aromatic heterocycles. The highest BCUT2D eigenvalue weighted by Gasteiger charge is 2.25. The highest BCUT2D eigenvalue weighted by Crippen LogP contribution is 2.30. The number of nitrogens with zero attached hydrogens (tertiary/aromatic N) is 5. The van der Waals surface area contributed by atoms with Gasteiger partial charge < -0.3 is 25.1 Å². The van der Waals surface area contributed by atoms with E-state index in [1.54, 1.807) is 0 Å². The summed E-state index contributed by atoms with van der Waals surface area (Å²) < 4.78 is 12.7. The molecule has 5 rings (SSSR count). The number of para-hydroxylation sites is 1. The number of pyridine rings is 2. The normalized spacial score (nSPS) is 19.7. The summed E-state index contributed by atoms with van der Waals surface area (Å²) in [5.74, 6) is 1.38. The van der Waals surface area contributed by atoms with Gasteiger partial charge in [-0.1, -0.05) is 18.2 Å². The average molecular weight is 563 g/mol. The van der Waals surface area contributed by atoms with E-state index in [4.69, 9.17) is 9.97 Å². The van der Waals surface area contributed by atoms with Gasteiger partial charge in [-0.3, -0.25) is 4.79 Å². The van der Waals surface area contributed by atoms with Crippen molar-refractivity contribution in [3.05, 3.63) is 54.2 Å². The van der Waals surface area contributed by atoms with Gasteiger partial charge in [-0.05, 0) is 68.8 Å². The Bertz CT molecular complexity index is 1340. The quantitative estimate of drug-likeness (QED) is 0.395. The second kappa shape index (κ2) is 13.2. The first-order valence-corrected chi connectivity index (χ1v) is 14.5. The van der Waals surface area contributed by atoms with E-state index >= 15 is 0 Å². The third kappa shape index (κ3) is 7.11. The summed E-state index contributed by atoms with van der Waals surface area (Å²) in [4.78, 5) is 40.1. The maximum Gasteiger partial charge on any atom is 0.407 e. The fourth-order valence-electron chi connectivity index (χ4n) is 5.90. The first kappa shape index (κ1) is 28.7. The molecule has 0 unspecified atom stereocenters. The molecule has 3 heterocycles. The van der Waals surface area contributed by atoms with Crippen LogP contribution in [0.25, 0.3) is 22.2 Å². The van der Waals surface area contributed by atoms with Crippen LogP contribution < -0.4 is 10.2 Å². The molecule has 0 spiro atoms. The van der Waals surface area contributed by atoms with Gasteiger partial charge >= 0.3 is 6.09 Å². The molecule has 1 saturated carbocycles. The van der Waals surface area contributed by atoms with Gasteiger partial charge in [0.1, 0.15) is 12.5 Å². The van der Waals surface area contributed by atoms with E-state index < -0.39 is 12.8 Å². The number of carbonyl (C=O) groups excluding carboxylic acids is 1. The van der Waals surface area contributed by atoms with Gasteiger partial charge in [0.05, 0.1) is 23.3 Å². The number of alkyl halides is 1. The summed E-state index contributed by atoms with van der Waals surface area (Å²) in [5, 5.41) is 13.2. The lowest BCUT2D eigenvalue weighted by atomic mass is 9.81. The van der Waals surface area contributed by atoms with Crippen LogP contribution in [0.1, 0.15) is 36.0 Å². The monoisotopic (exact) mass is 562 g/mol. The zero-order chi connectivity index (χ0) is 28.8. The standard InChI is InChI=1S/C31H39FN6O3/c1-36-14-16-37(17-15-36)29-11-10-24(20-33-29)28-18-26(25-4-2-3-5-27(25)35-28)30(39)34-19-22-6-8-23(9-7-22)21-38(13-12-32)31(40)41/h2-5,10-11,18,20,22-23H,6-9,12-17,19,21H2,1H3,(H,34,39)(H,40,41)/t22-,23-. The van der Waals surface area contributed by atoms with E-state index in [9.17, 15) is 19.1 Å². The van der Waals surface area contributed by atoms with Crippen LogP contribution in [0, 0.1) is 11.8 Å². The number of fused-ring (bicyclic) bond motifs is 1. The summed E-state index contributed by atoms with van der Waals surface area (Å²) in [6.45, 7) is 4.10. The van der Waals surface area contributed by atoms with Gasteiger partial charge in [-0.25, -0.2) is 19.2 Å². The van der Waals surface area contributed by atoms with Gasteiger partial charge in [-0.2, -0.15) is 0 Å². The zero-order valence-electron chi connectivity index (χ0n) is 23.6. The Morgan fingerprint density at radius 2 is 1.78 bits per heavy atom. The SMILES string of the molecule is CN1CCN(c2ccc(-c3cc(C(=O)NC[C@H]4CC[C@H](CN(CCF)C(=O)O)CC4)c4ccccc4n3)cn2)CC1. The molecular formula is C31H39FN6O3. The number of carboxylic acid groups (broad SMARTS) is 1. The average Bonchev–Trinajstić information content (AvgIpc) is 3.00. The van der Waals surface area contributed by atoms with E-state index in [0.29, 0.717) is 30.3 Å². The van der Waals surface area contributed by atoms with E-state index in [2.05, 4.69) is 22.2 Å². The molecule has 1 aliphatic heterocycles. The van der Waals surface area contributed by atoms with Gasteiger partial charge in [-0.15, -0.1) is 0 Å². The number of piperazine rings is 1. The van der Waals surface area contributed by atoms with Crippen LogP contribution in [0.5, 0.6) is 0 Å². The molecule has 218 valence electrons. The second-order valence-electron chi connectivity index (χ2n) is 11.3. The smallest absolute Gasteiger partial charge is 0.407 e. The number of halogens is 1. The highest BCUT2D eigenvalue weighted by molar-refractivity contribution is 6.07. The number of benzene rings is 1. The van der Waals surface area contributed by atoms with Crippen LogP contribution in [0.15, 0.2) is 48.7 Å². The minimum atomic E-state index is -1.07. The number of nitrogens with one attached hydrogen (secondary N) is 1. The molecule has 2 amide bonds. The Kier molecular flexibility index (Phi) is 9.28. The molecule has 2 aliphatic rings. The Morgan fingerprint density at radius 1 is 1.05 bits per heavy atom. The van der Waals surface area contributed by atoms with E-state index in [-0.39, 0.29) is 18.4 Å². The van der Waals surface area contributed by atoms with Crippen LogP contribution >= 0.6 is 0 Å². The molecule has 3 aromatic rings. The number of rotatable bonds is 9. The molecule has 0 radical (unpaired) electrons. The van der Waals surface area contributed by atoms with E-state index in [1.807, 2.05) is 48.7 Å². The number of aromatic nitrogens is 2. The first-order chi connectivity index (χ1) is 19.9. The molecule has 10 heteroatoms. The van der Waals surface area contributed by atoms with Gasteiger partial charge in [0, 0.05) is 56.4 Å². The summed E-state index contributed by atoms with van der Waals surface area (Å²) in [5.41, 5.74) is 2.92. The van der Waals surface area contributed by atoms with Crippen molar-refractivity contribution < 1.29 is 19.1 Å². The topological polar surface area (TPSA) is 102 Å². The molecule has 2 N–H and O–H groups in total. The van der Waals surface area contributed by atoms with Crippen LogP contribution in [0.4, 0.5) is 15.0 Å². The fourth-order valence-corrected chi connectivity index (χ4v) is 5.90. The third-order valence-corrected chi connectivity index (χ3v) is 8.45. The Labute approximate surface area is 240 Å². The largest absolute Gasteiger partial charge is 0.465 e. The maximum absolute atomic E-state index is 13.5. The molecule has 0 bridgehead atoms. The lowest BCUT2D eigenvalue weighted by Gasteiger charge is -2.33. The van der Waals surface area contributed by atoms with Crippen molar-refractivity contribution in [3.8, 4) is 11.3 Å². The Morgan fingerprint density at radius 3 is 2.46 bits per heavy atom. The van der Waals surface area contributed by atoms with Crippen molar-refractivity contribution in [2.45, 2.75) is 25.7 Å². The van der Waals surface area contributed by atoms with Crippen molar-refractivity contribution >= 4 is 28.7 Å². The van der Waals surface area contributed by atoms with E-state index in [0.717, 1.165) is 74.1 Å². The molecule has 1 aliphatic carbocycles. The van der Waals surface area contributed by atoms with Gasteiger partial charge in [0.15, 0.2) is 0 Å². The summed E-state index contributed by atoms with van der Waals surface area (Å²) in [7, 11) is 2.13. The second-order valence-corrected chi connectivity index (χ2v) is 11.3. The molecule has 41 heavy (non-hydrogen) atoms. The van der Waals surface area contributed by atoms with Crippen LogP contribution in [0.2, 0.25) is 0 Å². The number of hydrogen-bond donors (Lipinski definition) is 2.